The lowest BCUT2D eigenvalue weighted by molar-refractivity contribution is 0.767. The molecule has 0 radical (unpaired) electrons. The average molecular weight is 263 g/mol. The smallest absolute Gasteiger partial charge is 0.151 e. The fraction of sp³-hybridized carbons (Fsp3) is 0.133. The Balaban J connectivity index is 2.15. The van der Waals surface area contributed by atoms with Gasteiger partial charge < -0.3 is 4.57 Å². The van der Waals surface area contributed by atoms with Crippen LogP contribution < -0.4 is 0 Å². The molecule has 0 amide bonds. The van der Waals surface area contributed by atoms with Crippen molar-refractivity contribution in [2.45, 2.75) is 0 Å². The molecule has 5 nitrogen and oxygen atoms in total. The molecule has 0 bridgehead atoms. The molecule has 3 rings (SSSR count). The van der Waals surface area contributed by atoms with Gasteiger partial charge in [-0.3, -0.25) is 4.68 Å². The number of fused-ring (bicyclic) bond motifs is 1. The van der Waals surface area contributed by atoms with Gasteiger partial charge in [-0.2, -0.15) is 10.4 Å². The van der Waals surface area contributed by atoms with Gasteiger partial charge in [0.25, 0.3) is 0 Å². The molecule has 0 unspecified atom stereocenters. The van der Waals surface area contributed by atoms with E-state index in [2.05, 4.69) is 16.2 Å². The normalized spacial score (nSPS) is 11.8. The van der Waals surface area contributed by atoms with Crippen molar-refractivity contribution in [3.05, 3.63) is 48.0 Å². The minimum Gasteiger partial charge on any atom is -0.327 e. The van der Waals surface area contributed by atoms with Crippen molar-refractivity contribution >= 4 is 22.7 Å². The molecule has 98 valence electrons. The molecule has 0 saturated heterocycles. The number of rotatable bonds is 2. The number of nitrogens with zero attached hydrogens (tertiary/aromatic N) is 5. The first kappa shape index (κ1) is 12.2. The lowest BCUT2D eigenvalue weighted by Crippen LogP contribution is -1.95. The van der Waals surface area contributed by atoms with Gasteiger partial charge in [0.15, 0.2) is 5.82 Å². The van der Waals surface area contributed by atoms with E-state index in [-0.39, 0.29) is 0 Å². The number of para-hydroxylation sites is 2. The van der Waals surface area contributed by atoms with E-state index in [1.165, 1.54) is 0 Å². The van der Waals surface area contributed by atoms with Gasteiger partial charge in [0.05, 0.1) is 22.8 Å². The van der Waals surface area contributed by atoms with Gasteiger partial charge in [-0.25, -0.2) is 4.98 Å². The Morgan fingerprint density at radius 1 is 1.30 bits per heavy atom. The molecule has 0 aliphatic rings. The summed E-state index contributed by atoms with van der Waals surface area (Å²) in [5, 5.41) is 13.5. The van der Waals surface area contributed by atoms with Crippen LogP contribution in [0, 0.1) is 11.3 Å². The predicted molar refractivity (Wildman–Crippen MR) is 77.4 cm³/mol. The molecule has 2 aromatic heterocycles. The van der Waals surface area contributed by atoms with Crippen LogP contribution in [0.3, 0.4) is 0 Å². The number of nitriles is 1. The van der Waals surface area contributed by atoms with Gasteiger partial charge in [-0.15, -0.1) is 0 Å². The van der Waals surface area contributed by atoms with Crippen molar-refractivity contribution in [1.29, 1.82) is 5.26 Å². The summed E-state index contributed by atoms with van der Waals surface area (Å²) in [6.45, 7) is 0. The molecule has 20 heavy (non-hydrogen) atoms. The van der Waals surface area contributed by atoms with Crippen LogP contribution in [0.4, 0.5) is 0 Å². The summed E-state index contributed by atoms with van der Waals surface area (Å²) in [6, 6.07) is 10.1. The van der Waals surface area contributed by atoms with Crippen LogP contribution in [0.5, 0.6) is 0 Å². The van der Waals surface area contributed by atoms with Crippen molar-refractivity contribution in [2.75, 3.05) is 0 Å². The monoisotopic (exact) mass is 263 g/mol. The van der Waals surface area contributed by atoms with Crippen molar-refractivity contribution in [2.24, 2.45) is 14.1 Å². The van der Waals surface area contributed by atoms with Gasteiger partial charge in [0.1, 0.15) is 6.07 Å². The largest absolute Gasteiger partial charge is 0.327 e. The molecule has 0 saturated carbocycles. The van der Waals surface area contributed by atoms with Crippen LogP contribution in [0.2, 0.25) is 0 Å². The third-order valence-corrected chi connectivity index (χ3v) is 3.18. The van der Waals surface area contributed by atoms with Gasteiger partial charge >= 0.3 is 0 Å². The first-order valence-electron chi connectivity index (χ1n) is 6.21. The zero-order chi connectivity index (χ0) is 14.1. The fourth-order valence-electron chi connectivity index (χ4n) is 2.21. The van der Waals surface area contributed by atoms with Gasteiger partial charge in [0, 0.05) is 25.9 Å². The standard InChI is InChI=1S/C15H13N5/c1-19-10-11(9-17-19)7-12(8-16)15-18-13-5-3-4-6-14(13)20(15)2/h3-7,9-10H,1-2H3/b12-7+. The number of hydrogen-bond donors (Lipinski definition) is 0. The van der Waals surface area contributed by atoms with Crippen LogP contribution in [0.1, 0.15) is 11.4 Å². The second-order valence-electron chi connectivity index (χ2n) is 4.60. The number of imidazole rings is 1. The summed E-state index contributed by atoms with van der Waals surface area (Å²) in [4.78, 5) is 4.53. The quantitative estimate of drug-likeness (QED) is 0.667. The molecule has 0 aliphatic heterocycles. The Hall–Kier alpha value is -2.87. The lowest BCUT2D eigenvalue weighted by Gasteiger charge is -1.99. The minimum absolute atomic E-state index is 0.525. The Bertz CT molecular complexity index is 845. The van der Waals surface area contributed by atoms with Crippen LogP contribution in [0.25, 0.3) is 22.7 Å². The number of aromatic nitrogens is 4. The second-order valence-corrected chi connectivity index (χ2v) is 4.60. The zero-order valence-corrected chi connectivity index (χ0v) is 11.3. The van der Waals surface area contributed by atoms with Crippen LogP contribution in [0.15, 0.2) is 36.7 Å². The maximum absolute atomic E-state index is 9.40. The number of allylic oxidation sites excluding steroid dienone is 1. The Morgan fingerprint density at radius 3 is 2.75 bits per heavy atom. The lowest BCUT2D eigenvalue weighted by atomic mass is 10.2. The molecular formula is C15H13N5. The van der Waals surface area contributed by atoms with Crippen LogP contribution in [-0.2, 0) is 14.1 Å². The van der Waals surface area contributed by atoms with E-state index < -0.39 is 0 Å². The summed E-state index contributed by atoms with van der Waals surface area (Å²) >= 11 is 0. The first-order chi connectivity index (χ1) is 9.69. The number of hydrogen-bond acceptors (Lipinski definition) is 3. The number of benzene rings is 1. The summed E-state index contributed by atoms with van der Waals surface area (Å²) in [5.74, 6) is 0.664. The highest BCUT2D eigenvalue weighted by Crippen LogP contribution is 2.21. The average Bonchev–Trinajstić information content (AvgIpc) is 3.01. The van der Waals surface area contributed by atoms with E-state index >= 15 is 0 Å². The fourth-order valence-corrected chi connectivity index (χ4v) is 2.21. The highest BCUT2D eigenvalue weighted by Gasteiger charge is 2.11. The summed E-state index contributed by atoms with van der Waals surface area (Å²) in [5.41, 5.74) is 3.31. The van der Waals surface area contributed by atoms with E-state index in [1.54, 1.807) is 17.0 Å². The molecular weight excluding hydrogens is 250 g/mol. The highest BCUT2D eigenvalue weighted by molar-refractivity contribution is 5.90. The highest BCUT2D eigenvalue weighted by atomic mass is 15.2. The van der Waals surface area contributed by atoms with Gasteiger partial charge in [0.2, 0.25) is 0 Å². The summed E-state index contributed by atoms with van der Waals surface area (Å²) in [6.07, 6.45) is 5.38. The molecule has 0 N–H and O–H groups in total. The molecule has 3 aromatic rings. The van der Waals surface area contributed by atoms with E-state index in [9.17, 15) is 5.26 Å². The third-order valence-electron chi connectivity index (χ3n) is 3.18. The molecule has 5 heteroatoms. The second kappa shape index (κ2) is 4.67. The van der Waals surface area contributed by atoms with Crippen molar-refractivity contribution in [3.8, 4) is 6.07 Å². The Morgan fingerprint density at radius 2 is 2.10 bits per heavy atom. The Kier molecular flexibility index (Phi) is 2.84. The van der Waals surface area contributed by atoms with Crippen molar-refractivity contribution in [1.82, 2.24) is 19.3 Å². The van der Waals surface area contributed by atoms with Gasteiger partial charge in [-0.1, -0.05) is 12.1 Å². The zero-order valence-electron chi connectivity index (χ0n) is 11.3. The number of aryl methyl sites for hydroxylation is 2. The molecule has 2 heterocycles. The molecule has 0 fully saturated rings. The molecule has 0 spiro atoms. The minimum atomic E-state index is 0.525. The topological polar surface area (TPSA) is 59.4 Å². The SMILES string of the molecule is Cn1cc(/C=C(\C#N)c2nc3ccccc3n2C)cn1. The molecule has 0 aliphatic carbocycles. The maximum atomic E-state index is 9.40. The van der Waals surface area contributed by atoms with E-state index in [0.29, 0.717) is 11.4 Å². The van der Waals surface area contributed by atoms with Crippen molar-refractivity contribution < 1.29 is 0 Å². The maximum Gasteiger partial charge on any atom is 0.151 e. The van der Waals surface area contributed by atoms with Crippen LogP contribution >= 0.6 is 0 Å². The summed E-state index contributed by atoms with van der Waals surface area (Å²) in [7, 11) is 3.76. The van der Waals surface area contributed by atoms with E-state index in [1.807, 2.05) is 49.1 Å². The summed E-state index contributed by atoms with van der Waals surface area (Å²) < 4.78 is 3.64. The van der Waals surface area contributed by atoms with E-state index in [4.69, 9.17) is 0 Å². The van der Waals surface area contributed by atoms with E-state index in [0.717, 1.165) is 16.6 Å². The predicted octanol–water partition coefficient (Wildman–Crippen LogP) is 2.37. The van der Waals surface area contributed by atoms with Gasteiger partial charge in [-0.05, 0) is 18.2 Å². The Labute approximate surface area is 116 Å². The van der Waals surface area contributed by atoms with Crippen molar-refractivity contribution in [3.63, 3.8) is 0 Å². The molecule has 0 atom stereocenters. The molecule has 1 aromatic carbocycles. The first-order valence-corrected chi connectivity index (χ1v) is 6.21. The third kappa shape index (κ3) is 1.97. The van der Waals surface area contributed by atoms with Crippen LogP contribution in [-0.4, -0.2) is 19.3 Å².